The fraction of sp³-hybridized carbons (Fsp3) is 0.250. The lowest BCUT2D eigenvalue weighted by Crippen LogP contribution is -2.22. The van der Waals surface area contributed by atoms with E-state index >= 15 is 0 Å². The lowest BCUT2D eigenvalue weighted by atomic mass is 10.2. The van der Waals surface area contributed by atoms with Gasteiger partial charge in [0.25, 0.3) is 10.1 Å². The van der Waals surface area contributed by atoms with Crippen LogP contribution < -0.4 is 0 Å². The fourth-order valence-corrected chi connectivity index (χ4v) is 1.46. The fourth-order valence-electron chi connectivity index (χ4n) is 0.927. The maximum absolute atomic E-state index is 10.5. The molecule has 0 amide bonds. The maximum atomic E-state index is 10.5. The van der Waals surface area contributed by atoms with Crippen molar-refractivity contribution in [3.05, 3.63) is 34.9 Å². The highest BCUT2D eigenvalue weighted by atomic mass is 35.5. The van der Waals surface area contributed by atoms with Crippen LogP contribution in [0.25, 0.3) is 0 Å². The van der Waals surface area contributed by atoms with E-state index < -0.39 is 15.6 Å². The summed E-state index contributed by atoms with van der Waals surface area (Å²) in [6.45, 7) is 0. The minimum atomic E-state index is -4.39. The third-order valence-electron chi connectivity index (χ3n) is 1.67. The normalized spacial score (nSPS) is 13.9. The number of hydrogen-bond acceptors (Lipinski definition) is 3. The van der Waals surface area contributed by atoms with Crippen LogP contribution in [0.15, 0.2) is 24.3 Å². The van der Waals surface area contributed by atoms with Gasteiger partial charge in [0.05, 0.1) is 0 Å². The first kappa shape index (κ1) is 11.5. The van der Waals surface area contributed by atoms with Crippen molar-refractivity contribution in [2.75, 3.05) is 0 Å². The van der Waals surface area contributed by atoms with Gasteiger partial charge in [-0.2, -0.15) is 8.42 Å². The molecule has 1 aromatic carbocycles. The molecule has 0 aromatic heterocycles. The van der Waals surface area contributed by atoms with Gasteiger partial charge < -0.3 is 5.11 Å². The molecule has 0 saturated heterocycles. The van der Waals surface area contributed by atoms with Gasteiger partial charge in [0.2, 0.25) is 0 Å². The van der Waals surface area contributed by atoms with Gasteiger partial charge in [0.1, 0.15) is 0 Å². The summed E-state index contributed by atoms with van der Waals surface area (Å²) in [6.07, 6.45) is -0.157. The molecule has 0 aliphatic rings. The Morgan fingerprint density at radius 2 is 1.79 bits per heavy atom. The van der Waals surface area contributed by atoms with E-state index in [2.05, 4.69) is 0 Å². The lowest BCUT2D eigenvalue weighted by molar-refractivity contribution is 0.234. The van der Waals surface area contributed by atoms with E-state index in [9.17, 15) is 8.42 Å². The second kappa shape index (κ2) is 4.27. The lowest BCUT2D eigenvalue weighted by Gasteiger charge is -2.06. The molecule has 4 nitrogen and oxygen atoms in total. The highest BCUT2D eigenvalue weighted by molar-refractivity contribution is 7.86. The van der Waals surface area contributed by atoms with Crippen LogP contribution in [0.3, 0.4) is 0 Å². The van der Waals surface area contributed by atoms with Crippen LogP contribution in [0, 0.1) is 0 Å². The summed E-state index contributed by atoms with van der Waals surface area (Å²) in [6, 6.07) is 6.31. The van der Waals surface area contributed by atoms with Crippen molar-refractivity contribution in [3.63, 3.8) is 0 Å². The van der Waals surface area contributed by atoms with Gasteiger partial charge in [-0.3, -0.25) is 4.55 Å². The third kappa shape index (κ3) is 3.26. The number of rotatable bonds is 3. The van der Waals surface area contributed by atoms with Gasteiger partial charge in [-0.1, -0.05) is 23.7 Å². The van der Waals surface area contributed by atoms with E-state index in [1.807, 2.05) is 0 Å². The van der Waals surface area contributed by atoms with Crippen molar-refractivity contribution in [1.82, 2.24) is 0 Å². The molecule has 0 radical (unpaired) electrons. The summed E-state index contributed by atoms with van der Waals surface area (Å²) >= 11 is 5.61. The van der Waals surface area contributed by atoms with E-state index in [1.165, 1.54) is 0 Å². The quantitative estimate of drug-likeness (QED) is 0.771. The zero-order valence-corrected chi connectivity index (χ0v) is 8.66. The molecule has 0 heterocycles. The minimum Gasteiger partial charge on any atom is -0.375 e. The topological polar surface area (TPSA) is 74.6 Å². The van der Waals surface area contributed by atoms with Gasteiger partial charge in [0.15, 0.2) is 5.44 Å². The summed E-state index contributed by atoms with van der Waals surface area (Å²) in [5.41, 5.74) is -1.21. The summed E-state index contributed by atoms with van der Waals surface area (Å²) in [7, 11) is -4.39. The molecule has 0 unspecified atom stereocenters. The molecule has 0 aliphatic carbocycles. The van der Waals surface area contributed by atoms with Crippen LogP contribution in [0.4, 0.5) is 0 Å². The summed E-state index contributed by atoms with van der Waals surface area (Å²) in [4.78, 5) is 0. The molecule has 0 spiro atoms. The Hall–Kier alpha value is -0.620. The Kier molecular flexibility index (Phi) is 3.49. The molecule has 78 valence electrons. The Morgan fingerprint density at radius 3 is 2.21 bits per heavy atom. The predicted molar refractivity (Wildman–Crippen MR) is 52.7 cm³/mol. The summed E-state index contributed by atoms with van der Waals surface area (Å²) in [5.74, 6) is 0. The molecule has 1 aromatic rings. The van der Waals surface area contributed by atoms with Gasteiger partial charge >= 0.3 is 0 Å². The molecule has 0 bridgehead atoms. The van der Waals surface area contributed by atoms with E-state index in [1.54, 1.807) is 24.3 Å². The second-order valence-corrected chi connectivity index (χ2v) is 4.81. The molecule has 0 aliphatic heterocycles. The van der Waals surface area contributed by atoms with Crippen molar-refractivity contribution in [3.8, 4) is 0 Å². The minimum absolute atomic E-state index is 0.157. The number of halogens is 1. The average Bonchev–Trinajstić information content (AvgIpc) is 2.07. The van der Waals surface area contributed by atoms with Crippen molar-refractivity contribution in [1.29, 1.82) is 0 Å². The molecule has 1 atom stereocenters. The molecule has 0 fully saturated rings. The van der Waals surface area contributed by atoms with Crippen molar-refractivity contribution in [2.45, 2.75) is 11.9 Å². The highest BCUT2D eigenvalue weighted by Crippen LogP contribution is 2.12. The van der Waals surface area contributed by atoms with Crippen LogP contribution >= 0.6 is 11.6 Å². The largest absolute Gasteiger partial charge is 0.375 e. The van der Waals surface area contributed by atoms with Crippen LogP contribution in [0.1, 0.15) is 5.56 Å². The third-order valence-corrected chi connectivity index (χ3v) is 2.77. The van der Waals surface area contributed by atoms with Crippen LogP contribution in [0.2, 0.25) is 5.02 Å². The first-order valence-corrected chi connectivity index (χ1v) is 5.66. The maximum Gasteiger partial charge on any atom is 0.292 e. The standard InChI is InChI=1S/C8H9ClO4S/c9-7-3-1-6(2-4-7)5-8(10)14(11,12)13/h1-4,8,10H,5H2,(H,11,12,13)/t8-/m0/s1. The Labute approximate surface area is 86.9 Å². The number of benzene rings is 1. The highest BCUT2D eigenvalue weighted by Gasteiger charge is 2.19. The molecule has 2 N–H and O–H groups in total. The van der Waals surface area contributed by atoms with Gasteiger partial charge in [-0.25, -0.2) is 0 Å². The average molecular weight is 237 g/mol. The number of hydrogen-bond donors (Lipinski definition) is 2. The zero-order chi connectivity index (χ0) is 10.8. The van der Waals surface area contributed by atoms with Crippen LogP contribution in [-0.2, 0) is 16.5 Å². The smallest absolute Gasteiger partial charge is 0.292 e. The van der Waals surface area contributed by atoms with Crippen LogP contribution in [0.5, 0.6) is 0 Å². The SMILES string of the molecule is O=S(=O)(O)[C@H](O)Cc1ccc(Cl)cc1. The molecule has 14 heavy (non-hydrogen) atoms. The van der Waals surface area contributed by atoms with E-state index in [4.69, 9.17) is 21.3 Å². The molecular weight excluding hydrogens is 228 g/mol. The van der Waals surface area contributed by atoms with Gasteiger partial charge in [-0.15, -0.1) is 0 Å². The van der Waals surface area contributed by atoms with Crippen molar-refractivity contribution < 1.29 is 18.1 Å². The first-order chi connectivity index (χ1) is 6.39. The van der Waals surface area contributed by atoms with Crippen LogP contribution in [-0.4, -0.2) is 23.5 Å². The van der Waals surface area contributed by atoms with E-state index in [0.29, 0.717) is 10.6 Å². The summed E-state index contributed by atoms with van der Waals surface area (Å²) < 4.78 is 29.5. The molecular formula is C8H9ClO4S. The summed E-state index contributed by atoms with van der Waals surface area (Å²) in [5, 5.41) is 9.56. The van der Waals surface area contributed by atoms with Crippen molar-refractivity contribution in [2.24, 2.45) is 0 Å². The Bertz CT molecular complexity index is 398. The van der Waals surface area contributed by atoms with Gasteiger partial charge in [0, 0.05) is 11.4 Å². The number of aliphatic hydroxyl groups excluding tert-OH is 1. The monoisotopic (exact) mass is 236 g/mol. The first-order valence-electron chi connectivity index (χ1n) is 3.78. The Morgan fingerprint density at radius 1 is 1.29 bits per heavy atom. The number of aliphatic hydroxyl groups is 1. The predicted octanol–water partition coefficient (Wildman–Crippen LogP) is 1.09. The van der Waals surface area contributed by atoms with Gasteiger partial charge in [-0.05, 0) is 17.7 Å². The molecule has 0 saturated carbocycles. The molecule has 6 heteroatoms. The van der Waals surface area contributed by atoms with E-state index in [0.717, 1.165) is 0 Å². The van der Waals surface area contributed by atoms with E-state index in [-0.39, 0.29) is 6.42 Å². The zero-order valence-electron chi connectivity index (χ0n) is 7.09. The van der Waals surface area contributed by atoms with Crippen molar-refractivity contribution >= 4 is 21.7 Å². The molecule has 1 rings (SSSR count). The Balaban J connectivity index is 2.75. The second-order valence-electron chi connectivity index (χ2n) is 2.80.